The van der Waals surface area contributed by atoms with Gasteiger partial charge in [-0.1, -0.05) is 13.8 Å². The number of aliphatic carboxylic acids is 1. The molecule has 1 aliphatic rings. The average molecular weight is 185 g/mol. The Balaban J connectivity index is 2.82. The summed E-state index contributed by atoms with van der Waals surface area (Å²) in [5.74, 6) is 0.179. The second-order valence-corrected chi connectivity index (χ2v) is 4.39. The Kier molecular flexibility index (Phi) is 2.96. The van der Waals surface area contributed by atoms with Crippen LogP contribution in [0.4, 0.5) is 0 Å². The number of rotatable bonds is 3. The quantitative estimate of drug-likeness (QED) is 0.700. The van der Waals surface area contributed by atoms with Gasteiger partial charge in [-0.15, -0.1) is 0 Å². The zero-order valence-electron chi connectivity index (χ0n) is 8.42. The molecule has 76 valence electrons. The molecule has 3 heteroatoms. The van der Waals surface area contributed by atoms with Crippen LogP contribution in [0.5, 0.6) is 0 Å². The molecule has 0 aromatic carbocycles. The number of carboxylic acid groups (broad SMARTS) is 1. The largest absolute Gasteiger partial charge is 0.481 e. The number of hydrogen-bond acceptors (Lipinski definition) is 2. The topological polar surface area (TPSA) is 63.3 Å². The summed E-state index contributed by atoms with van der Waals surface area (Å²) in [6, 6.07) is 0. The Hall–Kier alpha value is -0.570. The first-order chi connectivity index (χ1) is 6.03. The molecule has 0 aromatic heterocycles. The Morgan fingerprint density at radius 3 is 2.23 bits per heavy atom. The number of hydrogen-bond donors (Lipinski definition) is 2. The smallest absolute Gasteiger partial charge is 0.303 e. The third-order valence-corrected chi connectivity index (χ3v) is 3.86. The molecule has 1 aliphatic carbocycles. The maximum atomic E-state index is 10.8. The normalized spacial score (nSPS) is 31.9. The first-order valence-corrected chi connectivity index (χ1v) is 4.95. The molecule has 1 fully saturated rings. The molecule has 0 saturated heterocycles. The van der Waals surface area contributed by atoms with Crippen LogP contribution >= 0.6 is 0 Å². The standard InChI is InChI=1S/C10H19NO2/c1-7-3-4-8(2)10(7,6-11)5-9(12)13/h7-8H,3-6,11H2,1-2H3,(H,12,13)/t7-,8-/m0/s1. The molecule has 0 amide bonds. The van der Waals surface area contributed by atoms with Gasteiger partial charge < -0.3 is 10.8 Å². The Bertz CT molecular complexity index is 193. The van der Waals surface area contributed by atoms with Crippen molar-refractivity contribution in [1.82, 2.24) is 0 Å². The summed E-state index contributed by atoms with van der Waals surface area (Å²) in [6.45, 7) is 4.75. The van der Waals surface area contributed by atoms with Crippen LogP contribution in [0.2, 0.25) is 0 Å². The van der Waals surface area contributed by atoms with Crippen LogP contribution in [0.1, 0.15) is 33.1 Å². The van der Waals surface area contributed by atoms with Crippen LogP contribution in [0, 0.1) is 17.3 Å². The fourth-order valence-electron chi connectivity index (χ4n) is 2.67. The van der Waals surface area contributed by atoms with Crippen LogP contribution in [-0.4, -0.2) is 17.6 Å². The second kappa shape index (κ2) is 3.66. The monoisotopic (exact) mass is 185 g/mol. The minimum Gasteiger partial charge on any atom is -0.481 e. The van der Waals surface area contributed by atoms with Gasteiger partial charge in [-0.25, -0.2) is 0 Å². The maximum absolute atomic E-state index is 10.8. The summed E-state index contributed by atoms with van der Waals surface area (Å²) in [6.07, 6.45) is 2.46. The highest BCUT2D eigenvalue weighted by molar-refractivity contribution is 5.68. The van der Waals surface area contributed by atoms with E-state index in [4.69, 9.17) is 10.8 Å². The van der Waals surface area contributed by atoms with E-state index in [2.05, 4.69) is 13.8 Å². The maximum Gasteiger partial charge on any atom is 0.303 e. The first-order valence-electron chi connectivity index (χ1n) is 4.95. The lowest BCUT2D eigenvalue weighted by Gasteiger charge is -2.35. The average Bonchev–Trinajstić information content (AvgIpc) is 2.32. The molecule has 0 bridgehead atoms. The van der Waals surface area contributed by atoms with Crippen molar-refractivity contribution in [1.29, 1.82) is 0 Å². The van der Waals surface area contributed by atoms with E-state index in [1.807, 2.05) is 0 Å². The molecule has 0 aromatic rings. The third kappa shape index (κ3) is 1.70. The highest BCUT2D eigenvalue weighted by Gasteiger charge is 2.45. The molecule has 0 aliphatic heterocycles. The number of nitrogens with two attached hydrogens (primary N) is 1. The van der Waals surface area contributed by atoms with Crippen LogP contribution in [-0.2, 0) is 4.79 Å². The predicted octanol–water partition coefficient (Wildman–Crippen LogP) is 1.47. The van der Waals surface area contributed by atoms with Crippen molar-refractivity contribution in [3.05, 3.63) is 0 Å². The van der Waals surface area contributed by atoms with Crippen molar-refractivity contribution < 1.29 is 9.90 Å². The SMILES string of the molecule is C[C@H]1CC[C@H](C)C1(CN)CC(=O)O. The zero-order valence-corrected chi connectivity index (χ0v) is 8.42. The van der Waals surface area contributed by atoms with Gasteiger partial charge in [0.1, 0.15) is 0 Å². The van der Waals surface area contributed by atoms with Gasteiger partial charge in [-0.05, 0) is 36.6 Å². The molecular formula is C10H19NO2. The first kappa shape index (κ1) is 10.5. The van der Waals surface area contributed by atoms with E-state index in [1.54, 1.807) is 0 Å². The van der Waals surface area contributed by atoms with Crippen LogP contribution in [0.25, 0.3) is 0 Å². The molecule has 3 N–H and O–H groups in total. The molecule has 0 heterocycles. The van der Waals surface area contributed by atoms with Gasteiger partial charge >= 0.3 is 5.97 Å². The lowest BCUT2D eigenvalue weighted by atomic mass is 9.71. The van der Waals surface area contributed by atoms with Crippen molar-refractivity contribution in [2.24, 2.45) is 23.0 Å². The minimum atomic E-state index is -0.717. The summed E-state index contributed by atoms with van der Waals surface area (Å²) in [4.78, 5) is 10.8. The predicted molar refractivity (Wildman–Crippen MR) is 51.3 cm³/mol. The fraction of sp³-hybridized carbons (Fsp3) is 0.900. The zero-order chi connectivity index (χ0) is 10.1. The van der Waals surface area contributed by atoms with Gasteiger partial charge in [-0.2, -0.15) is 0 Å². The highest BCUT2D eigenvalue weighted by atomic mass is 16.4. The van der Waals surface area contributed by atoms with Crippen molar-refractivity contribution in [2.75, 3.05) is 6.54 Å². The third-order valence-electron chi connectivity index (χ3n) is 3.86. The van der Waals surface area contributed by atoms with Gasteiger partial charge in [-0.3, -0.25) is 4.79 Å². The molecule has 1 saturated carbocycles. The highest BCUT2D eigenvalue weighted by Crippen LogP contribution is 2.49. The molecular weight excluding hydrogens is 166 g/mol. The molecule has 2 atom stereocenters. The van der Waals surface area contributed by atoms with E-state index in [9.17, 15) is 4.79 Å². The fourth-order valence-corrected chi connectivity index (χ4v) is 2.67. The molecule has 1 rings (SSSR count). The summed E-state index contributed by atoms with van der Waals surface area (Å²) < 4.78 is 0. The van der Waals surface area contributed by atoms with Gasteiger partial charge in [0.25, 0.3) is 0 Å². The van der Waals surface area contributed by atoms with Gasteiger partial charge in [0, 0.05) is 0 Å². The Morgan fingerprint density at radius 1 is 1.46 bits per heavy atom. The van der Waals surface area contributed by atoms with Crippen molar-refractivity contribution in [3.8, 4) is 0 Å². The lowest BCUT2D eigenvalue weighted by Crippen LogP contribution is -2.39. The van der Waals surface area contributed by atoms with Gasteiger partial charge in [0.2, 0.25) is 0 Å². The van der Waals surface area contributed by atoms with E-state index in [-0.39, 0.29) is 11.8 Å². The van der Waals surface area contributed by atoms with Gasteiger partial charge in [0.15, 0.2) is 0 Å². The molecule has 0 spiro atoms. The minimum absolute atomic E-state index is 0.147. The molecule has 0 radical (unpaired) electrons. The summed E-state index contributed by atoms with van der Waals surface area (Å²) in [7, 11) is 0. The Morgan fingerprint density at radius 2 is 1.92 bits per heavy atom. The number of carbonyl (C=O) groups is 1. The molecule has 3 nitrogen and oxygen atoms in total. The summed E-state index contributed by atoms with van der Waals surface area (Å²) in [5.41, 5.74) is 5.59. The van der Waals surface area contributed by atoms with Crippen LogP contribution in [0.3, 0.4) is 0 Å². The van der Waals surface area contributed by atoms with E-state index >= 15 is 0 Å². The van der Waals surface area contributed by atoms with E-state index in [1.165, 1.54) is 0 Å². The van der Waals surface area contributed by atoms with E-state index < -0.39 is 5.97 Å². The van der Waals surface area contributed by atoms with Crippen LogP contribution in [0.15, 0.2) is 0 Å². The van der Waals surface area contributed by atoms with E-state index in [0.717, 1.165) is 12.8 Å². The second-order valence-electron chi connectivity index (χ2n) is 4.39. The van der Waals surface area contributed by atoms with Crippen molar-refractivity contribution in [2.45, 2.75) is 33.1 Å². The van der Waals surface area contributed by atoms with Gasteiger partial charge in [0.05, 0.1) is 6.42 Å². The van der Waals surface area contributed by atoms with Crippen molar-refractivity contribution in [3.63, 3.8) is 0 Å². The Labute approximate surface area is 79.3 Å². The lowest BCUT2D eigenvalue weighted by molar-refractivity contribution is -0.141. The van der Waals surface area contributed by atoms with Crippen molar-refractivity contribution >= 4 is 5.97 Å². The summed E-state index contributed by atoms with van der Waals surface area (Å²) >= 11 is 0. The van der Waals surface area contributed by atoms with Crippen LogP contribution < -0.4 is 5.73 Å². The summed E-state index contributed by atoms with van der Waals surface area (Å²) in [5, 5.41) is 8.85. The number of carboxylic acids is 1. The molecule has 0 unspecified atom stereocenters. The van der Waals surface area contributed by atoms with E-state index in [0.29, 0.717) is 18.4 Å². The molecule has 13 heavy (non-hydrogen) atoms.